The first-order valence-corrected chi connectivity index (χ1v) is 9.90. The summed E-state index contributed by atoms with van der Waals surface area (Å²) in [6.45, 7) is 4.55. The van der Waals surface area contributed by atoms with Crippen LogP contribution >= 0.6 is 11.9 Å². The normalized spacial score (nSPS) is 16.6. The van der Waals surface area contributed by atoms with Crippen LogP contribution in [0.25, 0.3) is 11.3 Å². The van der Waals surface area contributed by atoms with E-state index in [0.29, 0.717) is 23.5 Å². The minimum atomic E-state index is -0.277. The van der Waals surface area contributed by atoms with Crippen molar-refractivity contribution in [2.75, 3.05) is 12.8 Å². The van der Waals surface area contributed by atoms with Gasteiger partial charge in [-0.1, -0.05) is 17.7 Å². The Labute approximate surface area is 173 Å². The predicted octanol–water partition coefficient (Wildman–Crippen LogP) is 3.23. The number of nitrogen functional groups attached to an aromatic ring is 1. The van der Waals surface area contributed by atoms with Crippen molar-refractivity contribution < 1.29 is 4.74 Å². The number of aryl methyl sites for hydroxylation is 2. The smallest absolute Gasteiger partial charge is 0.258 e. The summed E-state index contributed by atoms with van der Waals surface area (Å²) in [4.78, 5) is 9.94. The van der Waals surface area contributed by atoms with Crippen LogP contribution < -0.4 is 10.5 Å². The van der Waals surface area contributed by atoms with Crippen LogP contribution in [0.2, 0.25) is 0 Å². The van der Waals surface area contributed by atoms with E-state index in [4.69, 9.17) is 10.5 Å². The van der Waals surface area contributed by atoms with Gasteiger partial charge < -0.3 is 10.5 Å². The van der Waals surface area contributed by atoms with Crippen molar-refractivity contribution in [2.45, 2.75) is 31.4 Å². The number of hydrogen-bond acceptors (Lipinski definition) is 8. The lowest BCUT2D eigenvalue weighted by atomic mass is 10.1. The maximum Gasteiger partial charge on any atom is 0.258 e. The van der Waals surface area contributed by atoms with Crippen LogP contribution in [0.5, 0.6) is 5.88 Å². The molecular weight excluding hydrogens is 386 g/mol. The van der Waals surface area contributed by atoms with Crippen molar-refractivity contribution >= 4 is 17.8 Å². The van der Waals surface area contributed by atoms with Gasteiger partial charge in [-0.25, -0.2) is 14.3 Å². The van der Waals surface area contributed by atoms with Crippen LogP contribution in [-0.2, 0) is 13.6 Å². The molecule has 148 valence electrons. The van der Waals surface area contributed by atoms with E-state index >= 15 is 0 Å². The number of rotatable bonds is 0. The summed E-state index contributed by atoms with van der Waals surface area (Å²) in [5.74, 6) is 0.459. The molecule has 3 heterocycles. The zero-order chi connectivity index (χ0) is 20.7. The Balaban J connectivity index is 1.93. The van der Waals surface area contributed by atoms with E-state index in [-0.39, 0.29) is 17.8 Å². The molecule has 1 aliphatic rings. The van der Waals surface area contributed by atoms with Gasteiger partial charge in [0.15, 0.2) is 5.82 Å². The van der Waals surface area contributed by atoms with Crippen molar-refractivity contribution in [1.29, 1.82) is 5.26 Å². The van der Waals surface area contributed by atoms with E-state index in [2.05, 4.69) is 50.6 Å². The molecule has 2 N–H and O–H groups in total. The molecule has 3 aromatic rings. The molecule has 2 bridgehead atoms. The van der Waals surface area contributed by atoms with Crippen molar-refractivity contribution in [3.05, 3.63) is 46.9 Å². The van der Waals surface area contributed by atoms with E-state index in [1.165, 1.54) is 0 Å². The van der Waals surface area contributed by atoms with Crippen molar-refractivity contribution in [2.24, 2.45) is 7.05 Å². The topological polar surface area (TPSA) is 106 Å². The third kappa shape index (κ3) is 3.52. The highest BCUT2D eigenvalue weighted by Crippen LogP contribution is 2.37. The van der Waals surface area contributed by atoms with Gasteiger partial charge in [0.05, 0.1) is 29.7 Å². The van der Waals surface area contributed by atoms with Crippen LogP contribution in [0.4, 0.5) is 5.82 Å². The molecule has 1 aliphatic heterocycles. The fraction of sp³-hybridized carbons (Fsp3) is 0.300. The Morgan fingerprint density at radius 1 is 1.34 bits per heavy atom. The fourth-order valence-electron chi connectivity index (χ4n) is 3.39. The second kappa shape index (κ2) is 7.39. The SMILES string of the molecule is Cc1ccc2c(c1)[C@@H](C)Oc1nc(cnc1N)-c1c(nn(C)c1C#N)CN(C)S2. The monoisotopic (exact) mass is 407 g/mol. The Kier molecular flexibility index (Phi) is 4.90. The number of aromatic nitrogens is 4. The molecule has 0 aliphatic carbocycles. The number of hydrogen-bond donors (Lipinski definition) is 1. The summed E-state index contributed by atoms with van der Waals surface area (Å²) in [6, 6.07) is 8.49. The summed E-state index contributed by atoms with van der Waals surface area (Å²) < 4.78 is 9.78. The third-order valence-corrected chi connectivity index (χ3v) is 5.78. The fourth-order valence-corrected chi connectivity index (χ4v) is 4.37. The van der Waals surface area contributed by atoms with E-state index in [9.17, 15) is 5.26 Å². The van der Waals surface area contributed by atoms with Crippen LogP contribution in [0, 0.1) is 18.3 Å². The summed E-state index contributed by atoms with van der Waals surface area (Å²) in [5.41, 5.74) is 10.6. The molecule has 0 spiro atoms. The summed E-state index contributed by atoms with van der Waals surface area (Å²) in [5, 5.41) is 14.2. The quantitative estimate of drug-likeness (QED) is 0.566. The highest BCUT2D eigenvalue weighted by atomic mass is 32.2. The molecule has 4 rings (SSSR count). The number of fused-ring (bicyclic) bond motifs is 5. The van der Waals surface area contributed by atoms with E-state index < -0.39 is 0 Å². The number of nitrogens with zero attached hydrogens (tertiary/aromatic N) is 6. The minimum Gasteiger partial charge on any atom is -0.467 e. The molecule has 1 atom stereocenters. The first kappa shape index (κ1) is 19.2. The van der Waals surface area contributed by atoms with Crippen LogP contribution in [0.15, 0.2) is 29.3 Å². The van der Waals surface area contributed by atoms with Gasteiger partial charge in [-0.05, 0) is 38.9 Å². The molecule has 9 heteroatoms. The van der Waals surface area contributed by atoms with E-state index in [0.717, 1.165) is 21.7 Å². The van der Waals surface area contributed by atoms with Gasteiger partial charge in [-0.3, -0.25) is 4.68 Å². The molecule has 29 heavy (non-hydrogen) atoms. The summed E-state index contributed by atoms with van der Waals surface area (Å²) in [6.07, 6.45) is 1.28. The number of benzene rings is 1. The second-order valence-electron chi connectivity index (χ2n) is 7.03. The molecule has 0 amide bonds. The summed E-state index contributed by atoms with van der Waals surface area (Å²) >= 11 is 1.61. The maximum absolute atomic E-state index is 9.67. The van der Waals surface area contributed by atoms with Crippen LogP contribution in [-0.4, -0.2) is 31.1 Å². The Bertz CT molecular complexity index is 1130. The summed E-state index contributed by atoms with van der Waals surface area (Å²) in [7, 11) is 3.75. The molecule has 0 saturated heterocycles. The largest absolute Gasteiger partial charge is 0.467 e. The second-order valence-corrected chi connectivity index (χ2v) is 8.28. The first-order chi connectivity index (χ1) is 13.9. The lowest BCUT2D eigenvalue weighted by molar-refractivity contribution is 0.215. The Morgan fingerprint density at radius 3 is 2.90 bits per heavy atom. The number of ether oxygens (including phenoxy) is 1. The Hall–Kier alpha value is -3.09. The van der Waals surface area contributed by atoms with Gasteiger partial charge in [0.1, 0.15) is 17.9 Å². The zero-order valence-electron chi connectivity index (χ0n) is 16.7. The average Bonchev–Trinajstić information content (AvgIpc) is 2.98. The lowest BCUT2D eigenvalue weighted by Gasteiger charge is -2.23. The molecule has 0 unspecified atom stereocenters. The van der Waals surface area contributed by atoms with Crippen LogP contribution in [0.3, 0.4) is 0 Å². The standard InChI is InChI=1S/C20H21N7OS/c1-11-5-6-17-13(7-11)12(2)28-20-19(22)23-9-14(24-20)18-15(10-26(3)29-17)25-27(4)16(18)8-21/h5-7,9,12H,10H2,1-4H3,(H2,22,23)/t12-/m1/s1. The highest BCUT2D eigenvalue weighted by Gasteiger charge is 2.25. The zero-order valence-corrected chi connectivity index (χ0v) is 17.5. The molecule has 0 radical (unpaired) electrons. The molecule has 2 aromatic heterocycles. The lowest BCUT2D eigenvalue weighted by Crippen LogP contribution is -2.14. The third-order valence-electron chi connectivity index (χ3n) is 4.77. The first-order valence-electron chi connectivity index (χ1n) is 9.12. The van der Waals surface area contributed by atoms with Gasteiger partial charge >= 0.3 is 0 Å². The van der Waals surface area contributed by atoms with Crippen molar-refractivity contribution in [3.63, 3.8) is 0 Å². The Morgan fingerprint density at radius 2 is 2.14 bits per heavy atom. The molecular formula is C20H21N7OS. The molecule has 1 aromatic carbocycles. The van der Waals surface area contributed by atoms with Crippen molar-refractivity contribution in [3.8, 4) is 23.2 Å². The maximum atomic E-state index is 9.67. The van der Waals surface area contributed by atoms with Gasteiger partial charge in [0, 0.05) is 17.5 Å². The molecule has 0 fully saturated rings. The number of nitriles is 1. The van der Waals surface area contributed by atoms with Gasteiger partial charge in [-0.15, -0.1) is 0 Å². The van der Waals surface area contributed by atoms with E-state index in [1.807, 2.05) is 14.0 Å². The highest BCUT2D eigenvalue weighted by molar-refractivity contribution is 7.97. The predicted molar refractivity (Wildman–Crippen MR) is 111 cm³/mol. The van der Waals surface area contributed by atoms with Gasteiger partial charge in [0.2, 0.25) is 0 Å². The minimum absolute atomic E-state index is 0.209. The molecule has 8 nitrogen and oxygen atoms in total. The number of anilines is 1. The van der Waals surface area contributed by atoms with Gasteiger partial charge in [0.25, 0.3) is 5.88 Å². The molecule has 0 saturated carbocycles. The van der Waals surface area contributed by atoms with Crippen LogP contribution in [0.1, 0.15) is 35.5 Å². The van der Waals surface area contributed by atoms with Crippen molar-refractivity contribution in [1.82, 2.24) is 24.1 Å². The average molecular weight is 408 g/mol. The van der Waals surface area contributed by atoms with E-state index in [1.54, 1.807) is 29.9 Å². The van der Waals surface area contributed by atoms with Gasteiger partial charge in [-0.2, -0.15) is 10.4 Å². The number of nitrogens with two attached hydrogens (primary N) is 1.